The van der Waals surface area contributed by atoms with Gasteiger partial charge in [0.1, 0.15) is 0 Å². The van der Waals surface area contributed by atoms with Crippen LogP contribution >= 0.6 is 9.24 Å². The lowest BCUT2D eigenvalue weighted by Crippen LogP contribution is -2.21. The van der Waals surface area contributed by atoms with Gasteiger partial charge in [0.05, 0.1) is 0 Å². The Morgan fingerprint density at radius 2 is 1.50 bits per heavy atom. The predicted molar refractivity (Wildman–Crippen MR) is 80.9 cm³/mol. The summed E-state index contributed by atoms with van der Waals surface area (Å²) in [7, 11) is 3.16. The van der Waals surface area contributed by atoms with E-state index < -0.39 is 0 Å². The Morgan fingerprint density at radius 3 is 2.17 bits per heavy atom. The van der Waals surface area contributed by atoms with E-state index in [0.29, 0.717) is 5.92 Å². The van der Waals surface area contributed by atoms with Crippen LogP contribution in [0, 0.1) is 0 Å². The first-order valence-corrected chi connectivity index (χ1v) is 7.28. The zero-order chi connectivity index (χ0) is 12.4. The maximum Gasteiger partial charge on any atom is 0.0166 e. The summed E-state index contributed by atoms with van der Waals surface area (Å²) < 4.78 is 0. The summed E-state index contributed by atoms with van der Waals surface area (Å²) in [6.45, 7) is 0. The van der Waals surface area contributed by atoms with Gasteiger partial charge in [0, 0.05) is 5.16 Å². The van der Waals surface area contributed by atoms with Crippen LogP contribution in [-0.2, 0) is 5.16 Å². The zero-order valence-electron chi connectivity index (χ0n) is 10.5. The Bertz CT molecular complexity index is 506. The first-order valence-electron chi connectivity index (χ1n) is 6.70. The van der Waals surface area contributed by atoms with Crippen molar-refractivity contribution in [2.24, 2.45) is 0 Å². The van der Waals surface area contributed by atoms with Crippen LogP contribution in [-0.4, -0.2) is 0 Å². The molecule has 0 spiro atoms. The minimum Gasteiger partial charge on any atom is -0.126 e. The molecule has 0 aliphatic heterocycles. The highest BCUT2D eigenvalue weighted by Gasteiger charge is 2.40. The molecule has 3 unspecified atom stereocenters. The van der Waals surface area contributed by atoms with Crippen molar-refractivity contribution in [2.75, 3.05) is 0 Å². The van der Waals surface area contributed by atoms with Gasteiger partial charge in [-0.25, -0.2) is 0 Å². The van der Waals surface area contributed by atoms with Crippen LogP contribution in [0.1, 0.15) is 36.3 Å². The highest BCUT2D eigenvalue weighted by molar-refractivity contribution is 7.18. The summed E-state index contributed by atoms with van der Waals surface area (Å²) in [5, 5.41) is 0.225. The van der Waals surface area contributed by atoms with E-state index in [4.69, 9.17) is 0 Å². The fraction of sp³-hybridized carbons (Fsp3) is 0.294. The molecule has 3 rings (SSSR count). The molecule has 0 aromatic heterocycles. The Labute approximate surface area is 112 Å². The van der Waals surface area contributed by atoms with Crippen molar-refractivity contribution in [3.63, 3.8) is 0 Å². The fourth-order valence-electron chi connectivity index (χ4n) is 3.27. The second-order valence-electron chi connectivity index (χ2n) is 5.26. The van der Waals surface area contributed by atoms with Crippen LogP contribution in [0.15, 0.2) is 60.7 Å². The standard InChI is InChI=1S/C17H19P/c18-17(15-10-5-2-6-11-15)13-7-12-16(17)14-8-3-1-4-9-14/h1-6,8-11,16H,7,12-13,18H2. The maximum atomic E-state index is 3.16. The van der Waals surface area contributed by atoms with Crippen LogP contribution < -0.4 is 0 Å². The van der Waals surface area contributed by atoms with Gasteiger partial charge in [0.2, 0.25) is 0 Å². The number of hydrogen-bond donors (Lipinski definition) is 0. The van der Waals surface area contributed by atoms with E-state index in [2.05, 4.69) is 69.9 Å². The van der Waals surface area contributed by atoms with E-state index in [1.54, 1.807) is 0 Å². The van der Waals surface area contributed by atoms with Crippen molar-refractivity contribution in [3.8, 4) is 0 Å². The molecule has 0 N–H and O–H groups in total. The van der Waals surface area contributed by atoms with E-state index >= 15 is 0 Å². The summed E-state index contributed by atoms with van der Waals surface area (Å²) in [6, 6.07) is 21.9. The average Bonchev–Trinajstić information content (AvgIpc) is 2.84. The molecule has 0 radical (unpaired) electrons. The van der Waals surface area contributed by atoms with Gasteiger partial charge < -0.3 is 0 Å². The van der Waals surface area contributed by atoms with Gasteiger partial charge >= 0.3 is 0 Å². The zero-order valence-corrected chi connectivity index (χ0v) is 11.7. The number of hydrogen-bond acceptors (Lipinski definition) is 0. The van der Waals surface area contributed by atoms with Gasteiger partial charge in [-0.05, 0) is 29.9 Å². The van der Waals surface area contributed by atoms with Gasteiger partial charge in [-0.1, -0.05) is 67.1 Å². The van der Waals surface area contributed by atoms with Crippen molar-refractivity contribution in [2.45, 2.75) is 30.3 Å². The Morgan fingerprint density at radius 1 is 0.889 bits per heavy atom. The Balaban J connectivity index is 2.01. The summed E-state index contributed by atoms with van der Waals surface area (Å²) in [6.07, 6.45) is 3.88. The second kappa shape index (κ2) is 4.86. The molecule has 2 aromatic rings. The first-order chi connectivity index (χ1) is 8.81. The molecule has 1 saturated carbocycles. The third-order valence-corrected chi connectivity index (χ3v) is 5.24. The number of rotatable bonds is 2. The lowest BCUT2D eigenvalue weighted by molar-refractivity contribution is 0.566. The molecule has 0 bridgehead atoms. The molecule has 0 heterocycles. The fourth-order valence-corrected chi connectivity index (χ4v) is 4.03. The smallest absolute Gasteiger partial charge is 0.0166 e. The molecular formula is C17H19P. The molecule has 3 atom stereocenters. The van der Waals surface area contributed by atoms with Gasteiger partial charge in [-0.15, -0.1) is 9.24 Å². The molecule has 0 amide bonds. The minimum atomic E-state index is 0.225. The highest BCUT2D eigenvalue weighted by atomic mass is 31.0. The van der Waals surface area contributed by atoms with E-state index in [9.17, 15) is 0 Å². The second-order valence-corrected chi connectivity index (χ2v) is 6.29. The molecule has 1 fully saturated rings. The predicted octanol–water partition coefficient (Wildman–Crippen LogP) is 4.72. The van der Waals surface area contributed by atoms with Crippen LogP contribution in [0.4, 0.5) is 0 Å². The topological polar surface area (TPSA) is 0 Å². The van der Waals surface area contributed by atoms with Crippen molar-refractivity contribution < 1.29 is 0 Å². The summed E-state index contributed by atoms with van der Waals surface area (Å²) in [5.74, 6) is 0.631. The van der Waals surface area contributed by atoms with Crippen LogP contribution in [0.2, 0.25) is 0 Å². The van der Waals surface area contributed by atoms with Crippen molar-refractivity contribution in [1.29, 1.82) is 0 Å². The Hall–Kier alpha value is -1.13. The molecule has 18 heavy (non-hydrogen) atoms. The molecule has 0 nitrogen and oxygen atoms in total. The molecule has 92 valence electrons. The monoisotopic (exact) mass is 254 g/mol. The normalized spacial score (nSPS) is 27.3. The minimum absolute atomic E-state index is 0.225. The van der Waals surface area contributed by atoms with E-state index in [-0.39, 0.29) is 5.16 Å². The van der Waals surface area contributed by atoms with Crippen LogP contribution in [0.3, 0.4) is 0 Å². The van der Waals surface area contributed by atoms with Gasteiger partial charge in [0.25, 0.3) is 0 Å². The molecule has 1 aliphatic rings. The molecule has 1 heteroatoms. The Kier molecular flexibility index (Phi) is 3.22. The first kappa shape index (κ1) is 11.9. The highest BCUT2D eigenvalue weighted by Crippen LogP contribution is 2.55. The van der Waals surface area contributed by atoms with E-state index in [0.717, 1.165) is 0 Å². The molecule has 0 saturated heterocycles. The molecular weight excluding hydrogens is 235 g/mol. The van der Waals surface area contributed by atoms with E-state index in [1.165, 1.54) is 30.4 Å². The van der Waals surface area contributed by atoms with Crippen LogP contribution in [0.25, 0.3) is 0 Å². The van der Waals surface area contributed by atoms with Crippen molar-refractivity contribution in [3.05, 3.63) is 71.8 Å². The maximum absolute atomic E-state index is 3.16. The van der Waals surface area contributed by atoms with Gasteiger partial charge in [-0.2, -0.15) is 0 Å². The van der Waals surface area contributed by atoms with Crippen molar-refractivity contribution in [1.82, 2.24) is 0 Å². The lowest BCUT2D eigenvalue weighted by Gasteiger charge is -2.32. The van der Waals surface area contributed by atoms with Gasteiger partial charge in [-0.3, -0.25) is 0 Å². The molecule has 1 aliphatic carbocycles. The lowest BCUT2D eigenvalue weighted by atomic mass is 9.83. The SMILES string of the molecule is PC1(c2ccccc2)CCCC1c1ccccc1. The summed E-state index contributed by atoms with van der Waals surface area (Å²) >= 11 is 0. The summed E-state index contributed by atoms with van der Waals surface area (Å²) in [4.78, 5) is 0. The number of benzene rings is 2. The van der Waals surface area contributed by atoms with E-state index in [1.807, 2.05) is 0 Å². The third-order valence-electron chi connectivity index (χ3n) is 4.22. The van der Waals surface area contributed by atoms with Crippen LogP contribution in [0.5, 0.6) is 0 Å². The van der Waals surface area contributed by atoms with Gasteiger partial charge in [0.15, 0.2) is 0 Å². The largest absolute Gasteiger partial charge is 0.126 e. The quantitative estimate of drug-likeness (QED) is 0.680. The van der Waals surface area contributed by atoms with Crippen molar-refractivity contribution >= 4 is 9.24 Å². The summed E-state index contributed by atoms with van der Waals surface area (Å²) in [5.41, 5.74) is 2.94. The average molecular weight is 254 g/mol. The molecule has 2 aromatic carbocycles. The third kappa shape index (κ3) is 1.99.